The summed E-state index contributed by atoms with van der Waals surface area (Å²) < 4.78 is 29.4. The number of carbonyl (C=O) groups is 1. The van der Waals surface area contributed by atoms with E-state index in [4.69, 9.17) is 5.73 Å². The molecule has 2 atom stereocenters. The largest absolute Gasteiger partial charge is 0.382 e. The molecule has 5 rings (SSSR count). The highest BCUT2D eigenvalue weighted by Gasteiger charge is 2.45. The van der Waals surface area contributed by atoms with Gasteiger partial charge in [0.25, 0.3) is 0 Å². The summed E-state index contributed by atoms with van der Waals surface area (Å²) in [5.74, 6) is -1.33. The minimum Gasteiger partial charge on any atom is -0.382 e. The molecule has 0 unspecified atom stereocenters. The molecule has 1 fully saturated rings. The molecule has 0 bridgehead atoms. The van der Waals surface area contributed by atoms with Crippen LogP contribution in [0.4, 0.5) is 14.6 Å². The van der Waals surface area contributed by atoms with Crippen LogP contribution in [0.1, 0.15) is 16.9 Å². The number of anilines is 1. The Morgan fingerprint density at radius 3 is 2.85 bits per heavy atom. The third kappa shape index (κ3) is 2.06. The van der Waals surface area contributed by atoms with Gasteiger partial charge in [-0.15, -0.1) is 0 Å². The van der Waals surface area contributed by atoms with Crippen LogP contribution in [0.2, 0.25) is 0 Å². The Kier molecular flexibility index (Phi) is 2.98. The lowest BCUT2D eigenvalue weighted by molar-refractivity contribution is 0.0952. The maximum atomic E-state index is 14.6. The number of halogens is 2. The topological polar surface area (TPSA) is 76.2 Å². The first-order valence-electron chi connectivity index (χ1n) is 8.26. The van der Waals surface area contributed by atoms with Gasteiger partial charge in [-0.25, -0.2) is 13.8 Å². The summed E-state index contributed by atoms with van der Waals surface area (Å²) >= 11 is 0. The number of H-pyrrole nitrogens is 1. The van der Waals surface area contributed by atoms with Crippen LogP contribution in [0.3, 0.4) is 0 Å². The van der Waals surface area contributed by atoms with Gasteiger partial charge in [0.2, 0.25) is 0 Å². The number of nitrogen functional groups attached to an aromatic ring is 1. The first-order valence-corrected chi connectivity index (χ1v) is 8.26. The maximum absolute atomic E-state index is 14.6. The van der Waals surface area contributed by atoms with E-state index in [-0.39, 0.29) is 29.5 Å². The van der Waals surface area contributed by atoms with Gasteiger partial charge in [-0.3, -0.25) is 9.20 Å². The van der Waals surface area contributed by atoms with Gasteiger partial charge in [0, 0.05) is 34.4 Å². The average molecular weight is 352 g/mol. The van der Waals surface area contributed by atoms with Crippen molar-refractivity contribution in [1.82, 2.24) is 14.4 Å². The maximum Gasteiger partial charge on any atom is 0.189 e. The highest BCUT2D eigenvalue weighted by atomic mass is 19.1. The highest BCUT2D eigenvalue weighted by molar-refractivity contribution is 6.03. The molecule has 1 aliphatic rings. The molecule has 5 nitrogen and oxygen atoms in total. The van der Waals surface area contributed by atoms with Gasteiger partial charge in [-0.2, -0.15) is 0 Å². The van der Waals surface area contributed by atoms with Crippen molar-refractivity contribution in [3.05, 3.63) is 54.2 Å². The highest BCUT2D eigenvalue weighted by Crippen LogP contribution is 2.38. The molecular weight excluding hydrogens is 338 g/mol. The average Bonchev–Trinajstić information content (AvgIpc) is 3.03. The number of pyridine rings is 1. The molecule has 3 N–H and O–H groups in total. The molecule has 1 aliphatic carbocycles. The van der Waals surface area contributed by atoms with Crippen LogP contribution in [0.25, 0.3) is 27.7 Å². The zero-order chi connectivity index (χ0) is 18.0. The standard InChI is InChI=1S/C19H14F2N4O/c20-12-2-3-14-10(5-6-23-14)16(12)9-1-4-15-24-19(22)17(25(15)8-9)18(26)11-7-13(11)21/h1-6,8,11,13,23H,7,22H2/t11-,13+/m1/s1. The molecular formula is C19H14F2N4O. The molecule has 3 heterocycles. The number of carbonyl (C=O) groups excluding carboxylic acids is 1. The molecule has 3 aromatic heterocycles. The number of hydrogen-bond donors (Lipinski definition) is 2. The van der Waals surface area contributed by atoms with E-state index in [0.29, 0.717) is 16.8 Å². The lowest BCUT2D eigenvalue weighted by atomic mass is 10.0. The first kappa shape index (κ1) is 15.1. The van der Waals surface area contributed by atoms with Crippen LogP contribution in [-0.4, -0.2) is 26.3 Å². The molecule has 0 aliphatic heterocycles. The van der Waals surface area contributed by atoms with Crippen molar-refractivity contribution in [1.29, 1.82) is 0 Å². The van der Waals surface area contributed by atoms with E-state index >= 15 is 0 Å². The van der Waals surface area contributed by atoms with Crippen LogP contribution in [-0.2, 0) is 0 Å². The molecule has 26 heavy (non-hydrogen) atoms. The van der Waals surface area contributed by atoms with Crippen molar-refractivity contribution in [3.63, 3.8) is 0 Å². The van der Waals surface area contributed by atoms with Crippen LogP contribution < -0.4 is 5.73 Å². The Bertz CT molecular complexity index is 1190. The number of nitrogens with zero attached hydrogens (tertiary/aromatic N) is 2. The van der Waals surface area contributed by atoms with Gasteiger partial charge < -0.3 is 10.7 Å². The molecule has 0 radical (unpaired) electrons. The number of fused-ring (bicyclic) bond motifs is 2. The minimum atomic E-state index is -1.12. The molecule has 4 aromatic rings. The van der Waals surface area contributed by atoms with Crippen LogP contribution in [0.15, 0.2) is 42.7 Å². The molecule has 1 saturated carbocycles. The monoisotopic (exact) mass is 352 g/mol. The van der Waals surface area contributed by atoms with Crippen molar-refractivity contribution >= 4 is 28.2 Å². The summed E-state index contributed by atoms with van der Waals surface area (Å²) in [6.07, 6.45) is 2.46. The Morgan fingerprint density at radius 2 is 2.08 bits per heavy atom. The van der Waals surface area contributed by atoms with E-state index in [0.717, 1.165) is 10.9 Å². The number of ketones is 1. The van der Waals surface area contributed by atoms with Crippen LogP contribution >= 0.6 is 0 Å². The SMILES string of the molecule is Nc1nc2ccc(-c3c(F)ccc4[nH]ccc34)cn2c1C(=O)[C@@H]1C[C@@H]1F. The Hall–Kier alpha value is -3.22. The number of nitrogens with two attached hydrogens (primary N) is 1. The van der Waals surface area contributed by atoms with Crippen molar-refractivity contribution in [3.8, 4) is 11.1 Å². The number of hydrogen-bond acceptors (Lipinski definition) is 3. The summed E-state index contributed by atoms with van der Waals surface area (Å²) in [6.45, 7) is 0. The van der Waals surface area contributed by atoms with E-state index in [1.54, 1.807) is 36.7 Å². The van der Waals surface area contributed by atoms with E-state index in [1.807, 2.05) is 0 Å². The summed E-state index contributed by atoms with van der Waals surface area (Å²) in [7, 11) is 0. The zero-order valence-corrected chi connectivity index (χ0v) is 13.5. The molecule has 0 spiro atoms. The molecule has 7 heteroatoms. The normalized spacial score (nSPS) is 19.3. The number of aromatic amines is 1. The third-order valence-corrected chi connectivity index (χ3v) is 4.90. The second-order valence-corrected chi connectivity index (χ2v) is 6.58. The summed E-state index contributed by atoms with van der Waals surface area (Å²) in [5, 5.41) is 0.733. The quantitative estimate of drug-likeness (QED) is 0.552. The van der Waals surface area contributed by atoms with Crippen molar-refractivity contribution in [2.45, 2.75) is 12.6 Å². The molecule has 130 valence electrons. The zero-order valence-electron chi connectivity index (χ0n) is 13.5. The van der Waals surface area contributed by atoms with E-state index in [9.17, 15) is 13.6 Å². The fourth-order valence-corrected chi connectivity index (χ4v) is 3.47. The van der Waals surface area contributed by atoms with Gasteiger partial charge >= 0.3 is 0 Å². The fourth-order valence-electron chi connectivity index (χ4n) is 3.47. The Labute approximate surface area is 146 Å². The summed E-state index contributed by atoms with van der Waals surface area (Å²) in [6, 6.07) is 8.27. The smallest absolute Gasteiger partial charge is 0.189 e. The third-order valence-electron chi connectivity index (χ3n) is 4.90. The molecule has 0 saturated heterocycles. The fraction of sp³-hybridized carbons (Fsp3) is 0.158. The Balaban J connectivity index is 1.74. The van der Waals surface area contributed by atoms with E-state index < -0.39 is 12.1 Å². The molecule has 0 amide bonds. The second-order valence-electron chi connectivity index (χ2n) is 6.58. The second kappa shape index (κ2) is 5.14. The predicted octanol–water partition coefficient (Wildman–Crippen LogP) is 3.74. The lowest BCUT2D eigenvalue weighted by Gasteiger charge is -2.08. The van der Waals surface area contributed by atoms with E-state index in [2.05, 4.69) is 9.97 Å². The first-order chi connectivity index (χ1) is 12.5. The number of aromatic nitrogens is 3. The number of imidazole rings is 1. The van der Waals surface area contributed by atoms with Crippen molar-refractivity contribution in [2.24, 2.45) is 5.92 Å². The van der Waals surface area contributed by atoms with Crippen molar-refractivity contribution in [2.75, 3.05) is 5.73 Å². The van der Waals surface area contributed by atoms with Gasteiger partial charge in [-0.05, 0) is 36.8 Å². The van der Waals surface area contributed by atoms with Gasteiger partial charge in [0.1, 0.15) is 23.3 Å². The number of Topliss-reactive ketones (excluding diaryl/α,β-unsaturated/α-hetero) is 1. The number of alkyl halides is 1. The van der Waals surface area contributed by atoms with Crippen LogP contribution in [0, 0.1) is 11.7 Å². The lowest BCUT2D eigenvalue weighted by Crippen LogP contribution is -2.10. The van der Waals surface area contributed by atoms with Crippen LogP contribution in [0.5, 0.6) is 0 Å². The van der Waals surface area contributed by atoms with E-state index in [1.165, 1.54) is 10.5 Å². The summed E-state index contributed by atoms with van der Waals surface area (Å²) in [5.41, 5.74) is 8.34. The summed E-state index contributed by atoms with van der Waals surface area (Å²) in [4.78, 5) is 19.8. The number of rotatable bonds is 3. The minimum absolute atomic E-state index is 0.0616. The predicted molar refractivity (Wildman–Crippen MR) is 94.2 cm³/mol. The van der Waals surface area contributed by atoms with Crippen molar-refractivity contribution < 1.29 is 13.6 Å². The number of nitrogens with one attached hydrogen (secondary N) is 1. The Morgan fingerprint density at radius 1 is 1.27 bits per heavy atom. The number of benzene rings is 1. The molecule has 1 aromatic carbocycles. The van der Waals surface area contributed by atoms with Gasteiger partial charge in [0.15, 0.2) is 11.6 Å². The van der Waals surface area contributed by atoms with Gasteiger partial charge in [-0.1, -0.05) is 0 Å². The van der Waals surface area contributed by atoms with Gasteiger partial charge in [0.05, 0.1) is 5.92 Å².